The summed E-state index contributed by atoms with van der Waals surface area (Å²) in [4.78, 5) is 26.4. The van der Waals surface area contributed by atoms with Crippen molar-refractivity contribution in [1.82, 2.24) is 15.5 Å². The van der Waals surface area contributed by atoms with Gasteiger partial charge in [-0.2, -0.15) is 0 Å². The Morgan fingerprint density at radius 3 is 2.64 bits per heavy atom. The summed E-state index contributed by atoms with van der Waals surface area (Å²) >= 11 is 0. The number of nitrogens with zero attached hydrogens (tertiary/aromatic N) is 1. The third-order valence-corrected chi connectivity index (χ3v) is 4.94. The molecule has 1 aromatic carbocycles. The summed E-state index contributed by atoms with van der Waals surface area (Å²) in [6.07, 6.45) is 2.33. The molecule has 0 saturated carbocycles. The molecule has 0 aliphatic carbocycles. The van der Waals surface area contributed by atoms with Crippen LogP contribution in [-0.4, -0.2) is 62.1 Å². The number of benzene rings is 1. The average molecular weight is 345 g/mol. The molecule has 3 rings (SSSR count). The number of hydrogen-bond acceptors (Lipinski definition) is 4. The largest absolute Gasteiger partial charge is 0.378 e. The lowest BCUT2D eigenvalue weighted by Crippen LogP contribution is -2.45. The first-order valence-corrected chi connectivity index (χ1v) is 9.14. The molecule has 1 atom stereocenters. The first kappa shape index (κ1) is 17.9. The minimum Gasteiger partial charge on any atom is -0.378 e. The van der Waals surface area contributed by atoms with Crippen LogP contribution in [0, 0.1) is 5.92 Å². The SMILES string of the molecule is O=C(CC1COCCN1)NCC1CCN(C(=O)c2ccccc2)CC1. The zero-order valence-corrected chi connectivity index (χ0v) is 14.6. The first-order valence-electron chi connectivity index (χ1n) is 9.14. The van der Waals surface area contributed by atoms with Crippen molar-refractivity contribution in [2.24, 2.45) is 5.92 Å². The lowest BCUT2D eigenvalue weighted by Gasteiger charge is -2.32. The monoisotopic (exact) mass is 345 g/mol. The highest BCUT2D eigenvalue weighted by molar-refractivity contribution is 5.94. The van der Waals surface area contributed by atoms with E-state index in [4.69, 9.17) is 4.74 Å². The zero-order chi connectivity index (χ0) is 17.5. The van der Waals surface area contributed by atoms with Gasteiger partial charge in [-0.3, -0.25) is 9.59 Å². The second kappa shape index (κ2) is 8.97. The van der Waals surface area contributed by atoms with Gasteiger partial charge in [-0.1, -0.05) is 18.2 Å². The van der Waals surface area contributed by atoms with Crippen LogP contribution in [0.1, 0.15) is 29.6 Å². The molecule has 1 aromatic rings. The van der Waals surface area contributed by atoms with Gasteiger partial charge >= 0.3 is 0 Å². The van der Waals surface area contributed by atoms with E-state index in [0.29, 0.717) is 25.5 Å². The van der Waals surface area contributed by atoms with Crippen LogP contribution in [0.4, 0.5) is 0 Å². The number of piperidine rings is 1. The Hall–Kier alpha value is -1.92. The molecule has 136 valence electrons. The summed E-state index contributed by atoms with van der Waals surface area (Å²) in [5, 5.41) is 6.33. The van der Waals surface area contributed by atoms with Gasteiger partial charge in [0.15, 0.2) is 0 Å². The van der Waals surface area contributed by atoms with Gasteiger partial charge in [0.2, 0.25) is 5.91 Å². The molecule has 2 fully saturated rings. The van der Waals surface area contributed by atoms with Crippen LogP contribution >= 0.6 is 0 Å². The fourth-order valence-corrected chi connectivity index (χ4v) is 3.41. The summed E-state index contributed by atoms with van der Waals surface area (Å²) < 4.78 is 5.37. The van der Waals surface area contributed by atoms with Crippen molar-refractivity contribution in [1.29, 1.82) is 0 Å². The van der Waals surface area contributed by atoms with Crippen LogP contribution in [-0.2, 0) is 9.53 Å². The number of likely N-dealkylation sites (tertiary alicyclic amines) is 1. The summed E-state index contributed by atoms with van der Waals surface area (Å²) in [7, 11) is 0. The maximum Gasteiger partial charge on any atom is 0.253 e. The van der Waals surface area contributed by atoms with Crippen molar-refractivity contribution in [3.8, 4) is 0 Å². The molecule has 2 N–H and O–H groups in total. The Labute approximate surface area is 148 Å². The molecule has 2 heterocycles. The van der Waals surface area contributed by atoms with Gasteiger partial charge in [-0.05, 0) is 30.9 Å². The first-order chi connectivity index (χ1) is 12.2. The van der Waals surface area contributed by atoms with Crippen LogP contribution in [0.3, 0.4) is 0 Å². The number of ether oxygens (including phenoxy) is 1. The van der Waals surface area contributed by atoms with Gasteiger partial charge in [0.05, 0.1) is 13.2 Å². The van der Waals surface area contributed by atoms with E-state index in [1.165, 1.54) is 0 Å². The lowest BCUT2D eigenvalue weighted by atomic mass is 9.96. The molecule has 2 aliphatic heterocycles. The van der Waals surface area contributed by atoms with Gasteiger partial charge in [-0.15, -0.1) is 0 Å². The van der Waals surface area contributed by atoms with E-state index in [1.54, 1.807) is 0 Å². The van der Waals surface area contributed by atoms with Crippen molar-refractivity contribution in [2.45, 2.75) is 25.3 Å². The Morgan fingerprint density at radius 2 is 1.96 bits per heavy atom. The highest BCUT2D eigenvalue weighted by Gasteiger charge is 2.24. The summed E-state index contributed by atoms with van der Waals surface area (Å²) in [6.45, 7) is 4.34. The van der Waals surface area contributed by atoms with Crippen molar-refractivity contribution in [3.63, 3.8) is 0 Å². The summed E-state index contributed by atoms with van der Waals surface area (Å²) in [6, 6.07) is 9.54. The van der Waals surface area contributed by atoms with Crippen molar-refractivity contribution < 1.29 is 14.3 Å². The minimum atomic E-state index is 0.0748. The predicted octanol–water partition coefficient (Wildman–Crippen LogP) is 1.03. The molecule has 0 radical (unpaired) electrons. The van der Waals surface area contributed by atoms with E-state index in [0.717, 1.165) is 44.6 Å². The highest BCUT2D eigenvalue weighted by atomic mass is 16.5. The van der Waals surface area contributed by atoms with E-state index in [-0.39, 0.29) is 17.9 Å². The number of morpholine rings is 1. The molecule has 0 spiro atoms. The van der Waals surface area contributed by atoms with E-state index < -0.39 is 0 Å². The fraction of sp³-hybridized carbons (Fsp3) is 0.579. The second-order valence-electron chi connectivity index (χ2n) is 6.84. The van der Waals surface area contributed by atoms with E-state index in [2.05, 4.69) is 10.6 Å². The smallest absolute Gasteiger partial charge is 0.253 e. The molecule has 25 heavy (non-hydrogen) atoms. The van der Waals surface area contributed by atoms with Gasteiger partial charge in [-0.25, -0.2) is 0 Å². The highest BCUT2D eigenvalue weighted by Crippen LogP contribution is 2.18. The lowest BCUT2D eigenvalue weighted by molar-refractivity contribution is -0.122. The Bertz CT molecular complexity index is 565. The van der Waals surface area contributed by atoms with E-state index >= 15 is 0 Å². The number of rotatable bonds is 5. The Balaban J connectivity index is 1.36. The number of nitrogens with one attached hydrogen (secondary N) is 2. The van der Waals surface area contributed by atoms with Crippen LogP contribution < -0.4 is 10.6 Å². The number of carbonyl (C=O) groups is 2. The third kappa shape index (κ3) is 5.28. The molecule has 6 nitrogen and oxygen atoms in total. The van der Waals surface area contributed by atoms with Crippen molar-refractivity contribution >= 4 is 11.8 Å². The predicted molar refractivity (Wildman–Crippen MR) is 95.3 cm³/mol. The van der Waals surface area contributed by atoms with Gasteiger partial charge in [0, 0.05) is 44.2 Å². The maximum atomic E-state index is 12.4. The summed E-state index contributed by atoms with van der Waals surface area (Å²) in [5.41, 5.74) is 0.747. The maximum absolute atomic E-state index is 12.4. The van der Waals surface area contributed by atoms with Gasteiger partial charge in [0.1, 0.15) is 0 Å². The summed E-state index contributed by atoms with van der Waals surface area (Å²) in [5.74, 6) is 0.622. The fourth-order valence-electron chi connectivity index (χ4n) is 3.41. The van der Waals surface area contributed by atoms with Gasteiger partial charge < -0.3 is 20.3 Å². The molecule has 2 amide bonds. The van der Waals surface area contributed by atoms with Crippen molar-refractivity contribution in [2.75, 3.05) is 39.4 Å². The number of carbonyl (C=O) groups excluding carboxylic acids is 2. The normalized spacial score (nSPS) is 21.8. The van der Waals surface area contributed by atoms with Gasteiger partial charge in [0.25, 0.3) is 5.91 Å². The molecule has 6 heteroatoms. The molecular weight excluding hydrogens is 318 g/mol. The van der Waals surface area contributed by atoms with Crippen LogP contribution in [0.5, 0.6) is 0 Å². The second-order valence-corrected chi connectivity index (χ2v) is 6.84. The molecule has 1 unspecified atom stereocenters. The quantitative estimate of drug-likeness (QED) is 0.836. The standard InChI is InChI=1S/C19H27N3O3/c23-18(12-17-14-25-11-8-20-17)21-13-15-6-9-22(10-7-15)19(24)16-4-2-1-3-5-16/h1-5,15,17,20H,6-14H2,(H,21,23). The third-order valence-electron chi connectivity index (χ3n) is 4.94. The topological polar surface area (TPSA) is 70.7 Å². The Kier molecular flexibility index (Phi) is 6.42. The minimum absolute atomic E-state index is 0.0748. The van der Waals surface area contributed by atoms with Crippen LogP contribution in [0.25, 0.3) is 0 Å². The molecular formula is C19H27N3O3. The Morgan fingerprint density at radius 1 is 1.20 bits per heavy atom. The molecule has 0 bridgehead atoms. The molecule has 2 saturated heterocycles. The van der Waals surface area contributed by atoms with Crippen LogP contribution in [0.2, 0.25) is 0 Å². The van der Waals surface area contributed by atoms with Crippen LogP contribution in [0.15, 0.2) is 30.3 Å². The molecule has 0 aromatic heterocycles. The number of amides is 2. The zero-order valence-electron chi connectivity index (χ0n) is 14.6. The van der Waals surface area contributed by atoms with E-state index in [9.17, 15) is 9.59 Å². The average Bonchev–Trinajstić information content (AvgIpc) is 2.68. The van der Waals surface area contributed by atoms with E-state index in [1.807, 2.05) is 35.2 Å². The molecule has 2 aliphatic rings. The number of hydrogen-bond donors (Lipinski definition) is 2. The van der Waals surface area contributed by atoms with Crippen molar-refractivity contribution in [3.05, 3.63) is 35.9 Å².